The molecule has 2 unspecified atom stereocenters. The van der Waals surface area contributed by atoms with E-state index in [0.29, 0.717) is 18.9 Å². The van der Waals surface area contributed by atoms with Crippen molar-refractivity contribution in [2.24, 2.45) is 0 Å². The minimum Gasteiger partial charge on any atom is -0.467 e. The van der Waals surface area contributed by atoms with Gasteiger partial charge in [-0.3, -0.25) is 4.79 Å². The van der Waals surface area contributed by atoms with Gasteiger partial charge in [-0.2, -0.15) is 4.98 Å². The van der Waals surface area contributed by atoms with Crippen molar-refractivity contribution in [2.75, 3.05) is 25.1 Å². The highest BCUT2D eigenvalue weighted by Crippen LogP contribution is 2.47. The number of hydrogen-bond donors (Lipinski definition) is 0. The number of carbonyl (C=O) groups is 1. The molecule has 5 rings (SSSR count). The van der Waals surface area contributed by atoms with E-state index in [9.17, 15) is 4.79 Å². The average Bonchev–Trinajstić information content (AvgIpc) is 3.27. The van der Waals surface area contributed by atoms with Gasteiger partial charge in [0.05, 0.1) is 13.2 Å². The Labute approximate surface area is 164 Å². The summed E-state index contributed by atoms with van der Waals surface area (Å²) in [5.74, 6) is 0.985. The maximum absolute atomic E-state index is 13.4. The van der Waals surface area contributed by atoms with Crippen LogP contribution in [0.2, 0.25) is 0 Å². The van der Waals surface area contributed by atoms with Gasteiger partial charge in [0.25, 0.3) is 5.91 Å². The SMILES string of the molecule is COc1nccc(N2CCC3(CC2)OC2CCC(c4ccccc4)N2C3=O)n1. The number of nitrogens with zero attached hydrogens (tertiary/aromatic N) is 4. The molecule has 3 aliphatic heterocycles. The summed E-state index contributed by atoms with van der Waals surface area (Å²) in [4.78, 5) is 26.1. The van der Waals surface area contributed by atoms with Gasteiger partial charge in [-0.1, -0.05) is 30.3 Å². The van der Waals surface area contributed by atoms with Crippen LogP contribution in [0.4, 0.5) is 5.82 Å². The molecule has 0 radical (unpaired) electrons. The van der Waals surface area contributed by atoms with Gasteiger partial charge >= 0.3 is 6.01 Å². The van der Waals surface area contributed by atoms with Gasteiger partial charge in [-0.25, -0.2) is 4.98 Å². The molecule has 0 N–H and O–H groups in total. The first-order valence-electron chi connectivity index (χ1n) is 9.88. The fourth-order valence-corrected chi connectivity index (χ4v) is 4.75. The van der Waals surface area contributed by atoms with Gasteiger partial charge < -0.3 is 19.3 Å². The fourth-order valence-electron chi connectivity index (χ4n) is 4.75. The second-order valence-electron chi connectivity index (χ2n) is 7.67. The Morgan fingerprint density at radius 3 is 2.68 bits per heavy atom. The molecule has 0 aliphatic carbocycles. The van der Waals surface area contributed by atoms with E-state index in [1.54, 1.807) is 13.3 Å². The van der Waals surface area contributed by atoms with E-state index in [2.05, 4.69) is 27.0 Å². The molecule has 3 aliphatic rings. The number of piperidine rings is 1. The number of benzene rings is 1. The van der Waals surface area contributed by atoms with Crippen molar-refractivity contribution in [3.63, 3.8) is 0 Å². The highest BCUT2D eigenvalue weighted by molar-refractivity contribution is 5.88. The number of amides is 1. The summed E-state index contributed by atoms with van der Waals surface area (Å²) < 4.78 is 11.5. The van der Waals surface area contributed by atoms with Crippen LogP contribution in [-0.4, -0.2) is 52.8 Å². The van der Waals surface area contributed by atoms with E-state index in [1.807, 2.05) is 29.2 Å². The molecule has 3 saturated heterocycles. The third kappa shape index (κ3) is 2.73. The van der Waals surface area contributed by atoms with Gasteiger partial charge in [-0.05, 0) is 24.5 Å². The van der Waals surface area contributed by atoms with Crippen LogP contribution in [-0.2, 0) is 9.53 Å². The highest BCUT2D eigenvalue weighted by Gasteiger charge is 2.57. The molecular formula is C21H24N4O3. The smallest absolute Gasteiger partial charge is 0.318 e. The Morgan fingerprint density at radius 1 is 1.14 bits per heavy atom. The predicted molar refractivity (Wildman–Crippen MR) is 103 cm³/mol. The molecule has 0 saturated carbocycles. The molecule has 7 heteroatoms. The lowest BCUT2D eigenvalue weighted by Gasteiger charge is -2.38. The largest absolute Gasteiger partial charge is 0.467 e. The Morgan fingerprint density at radius 2 is 1.93 bits per heavy atom. The Bertz CT molecular complexity index is 867. The van der Waals surface area contributed by atoms with E-state index in [-0.39, 0.29) is 18.2 Å². The maximum atomic E-state index is 13.4. The molecule has 7 nitrogen and oxygen atoms in total. The molecule has 4 heterocycles. The van der Waals surface area contributed by atoms with Gasteiger partial charge in [0.1, 0.15) is 12.0 Å². The van der Waals surface area contributed by atoms with Crippen molar-refractivity contribution < 1.29 is 14.3 Å². The number of anilines is 1. The van der Waals surface area contributed by atoms with Gasteiger partial charge in [0.15, 0.2) is 5.60 Å². The summed E-state index contributed by atoms with van der Waals surface area (Å²) in [6.45, 7) is 1.45. The number of rotatable bonds is 3. The first-order chi connectivity index (χ1) is 13.7. The first-order valence-corrected chi connectivity index (χ1v) is 9.88. The molecule has 146 valence electrons. The second kappa shape index (κ2) is 6.74. The zero-order chi connectivity index (χ0) is 19.1. The summed E-state index contributed by atoms with van der Waals surface area (Å²) in [6.07, 6.45) is 4.81. The van der Waals surface area contributed by atoms with Crippen molar-refractivity contribution >= 4 is 11.7 Å². The number of methoxy groups -OCH3 is 1. The number of ether oxygens (including phenoxy) is 2. The quantitative estimate of drug-likeness (QED) is 0.815. The van der Waals surface area contributed by atoms with Gasteiger partial charge in [0.2, 0.25) is 0 Å². The summed E-state index contributed by atoms with van der Waals surface area (Å²) in [5, 5.41) is 0. The van der Waals surface area contributed by atoms with Crippen molar-refractivity contribution in [1.29, 1.82) is 0 Å². The third-order valence-electron chi connectivity index (χ3n) is 6.20. The lowest BCUT2D eigenvalue weighted by Crippen LogP contribution is -2.50. The van der Waals surface area contributed by atoms with Crippen LogP contribution in [0.3, 0.4) is 0 Å². The zero-order valence-electron chi connectivity index (χ0n) is 16.0. The van der Waals surface area contributed by atoms with Crippen LogP contribution >= 0.6 is 0 Å². The Hall–Kier alpha value is -2.67. The first kappa shape index (κ1) is 17.4. The molecule has 1 aromatic carbocycles. The summed E-state index contributed by atoms with van der Waals surface area (Å²) in [5.41, 5.74) is 0.510. The molecular weight excluding hydrogens is 356 g/mol. The van der Waals surface area contributed by atoms with Crippen molar-refractivity contribution in [2.45, 2.75) is 43.6 Å². The van der Waals surface area contributed by atoms with Crippen LogP contribution < -0.4 is 9.64 Å². The summed E-state index contributed by atoms with van der Waals surface area (Å²) in [7, 11) is 1.56. The summed E-state index contributed by atoms with van der Waals surface area (Å²) >= 11 is 0. The van der Waals surface area contributed by atoms with Crippen LogP contribution in [0.5, 0.6) is 6.01 Å². The minimum atomic E-state index is -0.689. The van der Waals surface area contributed by atoms with Gasteiger partial charge in [-0.15, -0.1) is 0 Å². The maximum Gasteiger partial charge on any atom is 0.318 e. The fraction of sp³-hybridized carbons (Fsp3) is 0.476. The molecule has 28 heavy (non-hydrogen) atoms. The van der Waals surface area contributed by atoms with Crippen molar-refractivity contribution in [3.8, 4) is 6.01 Å². The lowest BCUT2D eigenvalue weighted by atomic mass is 9.89. The minimum absolute atomic E-state index is 0.0941. The van der Waals surface area contributed by atoms with E-state index in [4.69, 9.17) is 9.47 Å². The lowest BCUT2D eigenvalue weighted by molar-refractivity contribution is -0.140. The third-order valence-corrected chi connectivity index (χ3v) is 6.20. The zero-order valence-corrected chi connectivity index (χ0v) is 16.0. The van der Waals surface area contributed by atoms with E-state index in [1.165, 1.54) is 5.56 Å². The second-order valence-corrected chi connectivity index (χ2v) is 7.67. The Balaban J connectivity index is 1.32. The van der Waals surface area contributed by atoms with E-state index < -0.39 is 5.60 Å². The average molecular weight is 380 g/mol. The molecule has 2 aromatic rings. The monoisotopic (exact) mass is 380 g/mol. The van der Waals surface area contributed by atoms with Crippen molar-refractivity contribution in [3.05, 3.63) is 48.2 Å². The van der Waals surface area contributed by atoms with Crippen molar-refractivity contribution in [1.82, 2.24) is 14.9 Å². The number of hydrogen-bond acceptors (Lipinski definition) is 6. The van der Waals surface area contributed by atoms with Crippen LogP contribution in [0.25, 0.3) is 0 Å². The van der Waals surface area contributed by atoms with Crippen LogP contribution in [0.1, 0.15) is 37.3 Å². The van der Waals surface area contributed by atoms with E-state index >= 15 is 0 Å². The van der Waals surface area contributed by atoms with Crippen LogP contribution in [0, 0.1) is 0 Å². The molecule has 1 spiro atoms. The standard InChI is InChI=1S/C21H24N4O3/c1-27-20-22-12-9-17(23-20)24-13-10-21(11-14-24)19(26)25-16(7-8-18(25)28-21)15-5-3-2-4-6-15/h2-6,9,12,16,18H,7-8,10-11,13-14H2,1H3. The molecule has 3 fully saturated rings. The van der Waals surface area contributed by atoms with Gasteiger partial charge in [0, 0.05) is 32.1 Å². The summed E-state index contributed by atoms with van der Waals surface area (Å²) in [6, 6.07) is 12.7. The number of fused-ring (bicyclic) bond motifs is 1. The molecule has 1 amide bonds. The number of aromatic nitrogens is 2. The Kier molecular flexibility index (Phi) is 4.19. The topological polar surface area (TPSA) is 67.8 Å². The molecule has 0 bridgehead atoms. The molecule has 1 aromatic heterocycles. The highest BCUT2D eigenvalue weighted by atomic mass is 16.6. The number of carbonyl (C=O) groups excluding carboxylic acids is 1. The normalized spacial score (nSPS) is 26.0. The predicted octanol–water partition coefficient (Wildman–Crippen LogP) is 2.54. The van der Waals surface area contributed by atoms with Crippen LogP contribution in [0.15, 0.2) is 42.6 Å². The molecule has 2 atom stereocenters. The van der Waals surface area contributed by atoms with E-state index in [0.717, 1.165) is 31.7 Å².